The van der Waals surface area contributed by atoms with E-state index in [4.69, 9.17) is 49.5 Å². The van der Waals surface area contributed by atoms with E-state index in [0.717, 1.165) is 5.56 Å². The van der Waals surface area contributed by atoms with Crippen LogP contribution in [0.4, 0.5) is 0 Å². The fourth-order valence-corrected chi connectivity index (χ4v) is 4.73. The summed E-state index contributed by atoms with van der Waals surface area (Å²) in [5.74, 6) is 0.963. The number of rotatable bonds is 8. The molecule has 0 aliphatic heterocycles. The number of amidine groups is 1. The maximum Gasteiger partial charge on any atom is 0.311 e. The number of benzene rings is 2. The van der Waals surface area contributed by atoms with E-state index in [0.29, 0.717) is 34.6 Å². The Morgan fingerprint density at radius 3 is 2.42 bits per heavy atom. The number of carbonyl (C=O) groups is 1. The highest BCUT2D eigenvalue weighted by Gasteiger charge is 2.62. The average molecular weight is 639 g/mol. The summed E-state index contributed by atoms with van der Waals surface area (Å²) in [6.45, 7) is 6.31. The summed E-state index contributed by atoms with van der Waals surface area (Å²) >= 11 is 17.1. The second-order valence-corrected chi connectivity index (χ2v) is 11.7. The number of para-hydroxylation sites is 1. The number of hydrogen-bond acceptors (Lipinski definition) is 7. The van der Waals surface area contributed by atoms with Crippen LogP contribution in [0.25, 0.3) is 0 Å². The maximum atomic E-state index is 12.6. The van der Waals surface area contributed by atoms with E-state index in [1.54, 1.807) is 55.7 Å². The molecular formula is C32H30Cl3N5O3. The number of nitriles is 2. The van der Waals surface area contributed by atoms with Gasteiger partial charge in [0.2, 0.25) is 12.3 Å². The monoisotopic (exact) mass is 637 g/mol. The van der Waals surface area contributed by atoms with E-state index in [-0.39, 0.29) is 21.7 Å². The predicted molar refractivity (Wildman–Crippen MR) is 167 cm³/mol. The number of aromatic nitrogens is 1. The smallest absolute Gasteiger partial charge is 0.311 e. The Labute approximate surface area is 266 Å². The minimum Gasteiger partial charge on any atom is -0.457 e. The molecule has 2 aromatic carbocycles. The van der Waals surface area contributed by atoms with Crippen LogP contribution in [0, 0.1) is 40.0 Å². The van der Waals surface area contributed by atoms with Crippen LogP contribution in [0.2, 0.25) is 5.15 Å². The van der Waals surface area contributed by atoms with Gasteiger partial charge in [-0.15, -0.1) is 0 Å². The van der Waals surface area contributed by atoms with Gasteiger partial charge in [-0.3, -0.25) is 4.79 Å². The SMILES string of the molecule is CC(=NC#N)N(C)Cc1ccc(Cl)nc1.CC1(C)[C@H](C=C(Cl)Cl)[C@H]1C(=O)OC(C#N)c1cccc(Oc2ccccc2)c1. The summed E-state index contributed by atoms with van der Waals surface area (Å²) in [7, 11) is 1.87. The minimum absolute atomic E-state index is 0.114. The molecule has 3 atom stereocenters. The van der Waals surface area contributed by atoms with Crippen LogP contribution in [-0.4, -0.2) is 28.7 Å². The molecule has 0 radical (unpaired) electrons. The molecule has 43 heavy (non-hydrogen) atoms. The molecule has 0 bridgehead atoms. The Bertz CT molecular complexity index is 1540. The normalized spacial score (nSPS) is 17.1. The Morgan fingerprint density at radius 2 is 1.81 bits per heavy atom. The molecule has 1 aliphatic carbocycles. The van der Waals surface area contributed by atoms with Gasteiger partial charge < -0.3 is 14.4 Å². The number of allylic oxidation sites excluding steroid dienone is 1. The molecule has 0 amide bonds. The van der Waals surface area contributed by atoms with E-state index in [2.05, 4.69) is 9.98 Å². The topological polar surface area (TPSA) is 112 Å². The first-order valence-corrected chi connectivity index (χ1v) is 14.3. The molecule has 222 valence electrons. The van der Waals surface area contributed by atoms with Gasteiger partial charge in [0.15, 0.2) is 0 Å². The van der Waals surface area contributed by atoms with E-state index in [1.165, 1.54) is 0 Å². The Hall–Kier alpha value is -4.08. The Kier molecular flexibility index (Phi) is 12.0. The van der Waals surface area contributed by atoms with Gasteiger partial charge in [-0.05, 0) is 60.2 Å². The number of hydrogen-bond donors (Lipinski definition) is 0. The highest BCUT2D eigenvalue weighted by atomic mass is 35.5. The van der Waals surface area contributed by atoms with Crippen LogP contribution >= 0.6 is 34.8 Å². The van der Waals surface area contributed by atoms with Crippen molar-refractivity contribution < 1.29 is 14.3 Å². The standard InChI is InChI=1S/C22H19Cl2NO3.C10H11ClN4/c1-22(2)17(12-19(23)24)20(22)21(26)28-18(13-25)14-7-6-10-16(11-14)27-15-8-4-3-5-9-15;1-8(14-7-12)15(2)6-9-3-4-10(11)13-5-9/h3-12,17-18,20H,1-2H3;3-5H,6H2,1-2H3/t17-,18?,20+;/m1./s1. The number of nitrogens with zero attached hydrogens (tertiary/aromatic N) is 5. The van der Waals surface area contributed by atoms with Gasteiger partial charge in [-0.2, -0.15) is 15.5 Å². The van der Waals surface area contributed by atoms with Crippen LogP contribution in [0.15, 0.2) is 88.5 Å². The number of pyridine rings is 1. The second-order valence-electron chi connectivity index (χ2n) is 10.3. The average Bonchev–Trinajstić information content (AvgIpc) is 3.52. The lowest BCUT2D eigenvalue weighted by atomic mass is 10.1. The predicted octanol–water partition coefficient (Wildman–Crippen LogP) is 8.24. The van der Waals surface area contributed by atoms with Gasteiger partial charge in [0, 0.05) is 25.4 Å². The van der Waals surface area contributed by atoms with Crippen molar-refractivity contribution >= 4 is 46.6 Å². The van der Waals surface area contributed by atoms with Crippen LogP contribution < -0.4 is 4.74 Å². The third kappa shape index (κ3) is 9.73. The lowest BCUT2D eigenvalue weighted by Gasteiger charge is -2.17. The fourth-order valence-electron chi connectivity index (χ4n) is 4.34. The van der Waals surface area contributed by atoms with E-state index in [9.17, 15) is 10.1 Å². The zero-order valence-electron chi connectivity index (χ0n) is 24.0. The van der Waals surface area contributed by atoms with Crippen molar-refractivity contribution in [3.63, 3.8) is 0 Å². The third-order valence-electron chi connectivity index (χ3n) is 6.93. The molecule has 0 spiro atoms. The summed E-state index contributed by atoms with van der Waals surface area (Å²) in [5, 5.41) is 18.4. The lowest BCUT2D eigenvalue weighted by molar-refractivity contribution is -0.149. The van der Waals surface area contributed by atoms with Gasteiger partial charge >= 0.3 is 5.97 Å². The first-order valence-electron chi connectivity index (χ1n) is 13.2. The third-order valence-corrected chi connectivity index (χ3v) is 7.41. The lowest BCUT2D eigenvalue weighted by Crippen LogP contribution is -2.23. The highest BCUT2D eigenvalue weighted by Crippen LogP contribution is 2.60. The zero-order chi connectivity index (χ0) is 31.6. The molecule has 1 fully saturated rings. The van der Waals surface area contributed by atoms with Crippen LogP contribution in [-0.2, 0) is 16.1 Å². The van der Waals surface area contributed by atoms with Crippen molar-refractivity contribution in [2.75, 3.05) is 7.05 Å². The minimum atomic E-state index is -1.03. The summed E-state index contributed by atoms with van der Waals surface area (Å²) in [4.78, 5) is 22.1. The van der Waals surface area contributed by atoms with Gasteiger partial charge in [0.05, 0.1) is 5.92 Å². The van der Waals surface area contributed by atoms with E-state index < -0.39 is 12.1 Å². The van der Waals surface area contributed by atoms with Gasteiger partial charge in [0.25, 0.3) is 0 Å². The first kappa shape index (κ1) is 33.4. The summed E-state index contributed by atoms with van der Waals surface area (Å²) in [5.41, 5.74) is 1.25. The highest BCUT2D eigenvalue weighted by molar-refractivity contribution is 6.55. The van der Waals surface area contributed by atoms with Gasteiger partial charge in [-0.25, -0.2) is 4.98 Å². The fraction of sp³-hybridized carbons (Fsp3) is 0.281. The number of aliphatic imine (C=N–C) groups is 1. The largest absolute Gasteiger partial charge is 0.457 e. The van der Waals surface area contributed by atoms with Crippen molar-refractivity contribution in [1.82, 2.24) is 9.88 Å². The number of esters is 1. The molecule has 1 aromatic heterocycles. The second kappa shape index (κ2) is 15.4. The molecule has 1 aliphatic rings. The molecule has 0 saturated heterocycles. The van der Waals surface area contributed by atoms with Crippen molar-refractivity contribution in [3.8, 4) is 23.8 Å². The van der Waals surface area contributed by atoms with Crippen molar-refractivity contribution in [2.45, 2.75) is 33.4 Å². The van der Waals surface area contributed by atoms with E-state index in [1.807, 2.05) is 68.3 Å². The number of carbonyl (C=O) groups excluding carboxylic acids is 1. The van der Waals surface area contributed by atoms with Crippen molar-refractivity contribution in [2.24, 2.45) is 22.2 Å². The van der Waals surface area contributed by atoms with Crippen LogP contribution in [0.3, 0.4) is 0 Å². The number of halogens is 3. The molecule has 1 saturated carbocycles. The number of ether oxygens (including phenoxy) is 2. The van der Waals surface area contributed by atoms with Crippen LogP contribution in [0.5, 0.6) is 11.5 Å². The molecule has 11 heteroatoms. The van der Waals surface area contributed by atoms with Crippen molar-refractivity contribution in [3.05, 3.63) is 99.8 Å². The first-order chi connectivity index (χ1) is 20.5. The summed E-state index contributed by atoms with van der Waals surface area (Å²) in [6, 6.07) is 21.9. The summed E-state index contributed by atoms with van der Waals surface area (Å²) < 4.78 is 11.4. The molecule has 3 aromatic rings. The summed E-state index contributed by atoms with van der Waals surface area (Å²) in [6.07, 6.45) is 4.07. The molecule has 1 heterocycles. The molecule has 4 rings (SSSR count). The van der Waals surface area contributed by atoms with Gasteiger partial charge in [-0.1, -0.05) is 85.0 Å². The Balaban J connectivity index is 0.000000285. The zero-order valence-corrected chi connectivity index (χ0v) is 26.3. The molecular weight excluding hydrogens is 609 g/mol. The van der Waals surface area contributed by atoms with Crippen LogP contribution in [0.1, 0.15) is 38.0 Å². The molecule has 8 nitrogen and oxygen atoms in total. The van der Waals surface area contributed by atoms with E-state index >= 15 is 0 Å². The quantitative estimate of drug-likeness (QED) is 0.0803. The Morgan fingerprint density at radius 1 is 1.12 bits per heavy atom. The maximum absolute atomic E-state index is 12.6. The van der Waals surface area contributed by atoms with Gasteiger partial charge in [0.1, 0.15) is 33.0 Å². The molecule has 0 N–H and O–H groups in total. The molecule has 1 unspecified atom stereocenters. The van der Waals surface area contributed by atoms with Crippen molar-refractivity contribution in [1.29, 1.82) is 10.5 Å².